The number of nitrogens with one attached hydrogen (secondary N) is 2. The molecule has 0 aliphatic rings. The Hall–Kier alpha value is -2.69. The van der Waals surface area contributed by atoms with Gasteiger partial charge < -0.3 is 5.32 Å². The number of aromatic nitrogens is 4. The number of hydrogen-bond donors (Lipinski definition) is 2. The maximum absolute atomic E-state index is 12.4. The molecule has 0 saturated carbocycles. The van der Waals surface area contributed by atoms with Crippen molar-refractivity contribution in [2.45, 2.75) is 18.4 Å². The summed E-state index contributed by atoms with van der Waals surface area (Å²) in [5, 5.41) is 14.6. The third-order valence-corrected chi connectivity index (χ3v) is 5.45. The molecule has 3 aromatic rings. The van der Waals surface area contributed by atoms with Crippen molar-refractivity contribution in [3.63, 3.8) is 0 Å². The lowest BCUT2D eigenvalue weighted by molar-refractivity contribution is -0.116. The molecule has 0 radical (unpaired) electrons. The Morgan fingerprint density at radius 3 is 2.39 bits per heavy atom. The summed E-state index contributed by atoms with van der Waals surface area (Å²) in [5.74, 6) is -0.292. The van der Waals surface area contributed by atoms with E-state index in [-0.39, 0.29) is 28.3 Å². The molecule has 0 atom stereocenters. The third kappa shape index (κ3) is 4.97. The first-order valence-electron chi connectivity index (χ1n) is 7.84. The van der Waals surface area contributed by atoms with E-state index in [1.165, 1.54) is 41.1 Å². The van der Waals surface area contributed by atoms with Crippen LogP contribution in [-0.2, 0) is 21.4 Å². The minimum absolute atomic E-state index is 0.00303. The first-order chi connectivity index (χ1) is 13.2. The molecule has 2 heterocycles. The highest BCUT2D eigenvalue weighted by Gasteiger charge is 2.15. The molecule has 0 saturated heterocycles. The number of halogens is 2. The SMILES string of the molecule is Cc1nn(CC(=O)Nc2ccc(S(=O)(=O)Nc3ccc(Cl)nn3)cc2)cc1Cl. The summed E-state index contributed by atoms with van der Waals surface area (Å²) in [4.78, 5) is 12.1. The third-order valence-electron chi connectivity index (χ3n) is 3.51. The second kappa shape index (κ2) is 8.13. The topological polar surface area (TPSA) is 119 Å². The van der Waals surface area contributed by atoms with Crippen LogP contribution in [0.2, 0.25) is 10.2 Å². The van der Waals surface area contributed by atoms with Crippen molar-refractivity contribution >= 4 is 50.6 Å². The highest BCUT2D eigenvalue weighted by molar-refractivity contribution is 7.92. The predicted octanol–water partition coefficient (Wildman–Crippen LogP) is 2.73. The smallest absolute Gasteiger partial charge is 0.263 e. The molecule has 1 amide bonds. The zero-order chi connectivity index (χ0) is 20.3. The van der Waals surface area contributed by atoms with Crippen LogP contribution in [0.3, 0.4) is 0 Å². The van der Waals surface area contributed by atoms with Gasteiger partial charge in [-0.1, -0.05) is 23.2 Å². The van der Waals surface area contributed by atoms with Crippen LogP contribution in [-0.4, -0.2) is 34.3 Å². The van der Waals surface area contributed by atoms with E-state index in [4.69, 9.17) is 23.2 Å². The minimum Gasteiger partial charge on any atom is -0.324 e. The molecule has 1 aromatic carbocycles. The Labute approximate surface area is 170 Å². The van der Waals surface area contributed by atoms with E-state index < -0.39 is 10.0 Å². The van der Waals surface area contributed by atoms with Crippen LogP contribution in [0.5, 0.6) is 0 Å². The van der Waals surface area contributed by atoms with Crippen LogP contribution in [0.1, 0.15) is 5.69 Å². The average molecular weight is 441 g/mol. The summed E-state index contributed by atoms with van der Waals surface area (Å²) in [6.07, 6.45) is 1.55. The zero-order valence-electron chi connectivity index (χ0n) is 14.4. The van der Waals surface area contributed by atoms with E-state index in [1.54, 1.807) is 13.1 Å². The molecule has 0 spiro atoms. The van der Waals surface area contributed by atoms with Crippen molar-refractivity contribution in [3.8, 4) is 0 Å². The Morgan fingerprint density at radius 2 is 1.82 bits per heavy atom. The molecule has 0 unspecified atom stereocenters. The number of carbonyl (C=O) groups is 1. The fourth-order valence-electron chi connectivity index (χ4n) is 2.21. The highest BCUT2D eigenvalue weighted by Crippen LogP contribution is 2.18. The molecule has 2 N–H and O–H groups in total. The zero-order valence-corrected chi connectivity index (χ0v) is 16.8. The van der Waals surface area contributed by atoms with Gasteiger partial charge in [0, 0.05) is 11.9 Å². The largest absolute Gasteiger partial charge is 0.324 e. The Kier molecular flexibility index (Phi) is 5.82. The van der Waals surface area contributed by atoms with Crippen LogP contribution in [0.15, 0.2) is 47.5 Å². The van der Waals surface area contributed by atoms with E-state index >= 15 is 0 Å². The van der Waals surface area contributed by atoms with Gasteiger partial charge in [-0.2, -0.15) is 5.10 Å². The summed E-state index contributed by atoms with van der Waals surface area (Å²) in [6, 6.07) is 8.47. The lowest BCUT2D eigenvalue weighted by Crippen LogP contribution is -2.19. The lowest BCUT2D eigenvalue weighted by atomic mass is 10.3. The molecule has 0 aliphatic heterocycles. The monoisotopic (exact) mass is 440 g/mol. The van der Waals surface area contributed by atoms with Gasteiger partial charge >= 0.3 is 0 Å². The molecule has 12 heteroatoms. The van der Waals surface area contributed by atoms with Gasteiger partial charge in [0.2, 0.25) is 5.91 Å². The van der Waals surface area contributed by atoms with Crippen molar-refractivity contribution < 1.29 is 13.2 Å². The Morgan fingerprint density at radius 1 is 1.11 bits per heavy atom. The fraction of sp³-hybridized carbons (Fsp3) is 0.125. The van der Waals surface area contributed by atoms with Gasteiger partial charge in [-0.15, -0.1) is 10.2 Å². The Balaban J connectivity index is 1.65. The van der Waals surface area contributed by atoms with Crippen molar-refractivity contribution in [1.29, 1.82) is 0 Å². The number of nitrogens with zero attached hydrogens (tertiary/aromatic N) is 4. The second-order valence-electron chi connectivity index (χ2n) is 5.68. The van der Waals surface area contributed by atoms with E-state index in [2.05, 4.69) is 25.3 Å². The quantitative estimate of drug-likeness (QED) is 0.607. The molecule has 146 valence electrons. The van der Waals surface area contributed by atoms with Gasteiger partial charge in [0.1, 0.15) is 6.54 Å². The number of amides is 1. The molecule has 2 aromatic heterocycles. The van der Waals surface area contributed by atoms with Crippen LogP contribution in [0.25, 0.3) is 0 Å². The second-order valence-corrected chi connectivity index (χ2v) is 8.16. The van der Waals surface area contributed by atoms with Gasteiger partial charge in [-0.05, 0) is 43.3 Å². The fourth-order valence-corrected chi connectivity index (χ4v) is 3.45. The van der Waals surface area contributed by atoms with E-state index in [1.807, 2.05) is 0 Å². The average Bonchev–Trinajstić information content (AvgIpc) is 2.94. The molecular formula is C16H14Cl2N6O3S. The molecule has 0 aliphatic carbocycles. The predicted molar refractivity (Wildman–Crippen MR) is 105 cm³/mol. The van der Waals surface area contributed by atoms with Crippen LogP contribution >= 0.6 is 23.2 Å². The molecule has 0 bridgehead atoms. The minimum atomic E-state index is -3.86. The number of aryl methyl sites for hydroxylation is 1. The molecule has 3 rings (SSSR count). The maximum Gasteiger partial charge on any atom is 0.263 e. The van der Waals surface area contributed by atoms with Gasteiger partial charge in [0.05, 0.1) is 15.6 Å². The number of anilines is 2. The van der Waals surface area contributed by atoms with E-state index in [9.17, 15) is 13.2 Å². The molecule has 0 fully saturated rings. The summed E-state index contributed by atoms with van der Waals surface area (Å²) in [7, 11) is -3.86. The highest BCUT2D eigenvalue weighted by atomic mass is 35.5. The molecule has 28 heavy (non-hydrogen) atoms. The van der Waals surface area contributed by atoms with Crippen LogP contribution < -0.4 is 10.0 Å². The normalized spacial score (nSPS) is 11.2. The van der Waals surface area contributed by atoms with Crippen molar-refractivity contribution in [3.05, 3.63) is 58.5 Å². The van der Waals surface area contributed by atoms with Gasteiger partial charge in [0.25, 0.3) is 10.0 Å². The van der Waals surface area contributed by atoms with Gasteiger partial charge in [0.15, 0.2) is 11.0 Å². The van der Waals surface area contributed by atoms with Crippen molar-refractivity contribution in [2.24, 2.45) is 0 Å². The lowest BCUT2D eigenvalue weighted by Gasteiger charge is -2.09. The summed E-state index contributed by atoms with van der Waals surface area (Å²) in [5.41, 5.74) is 1.06. The summed E-state index contributed by atoms with van der Waals surface area (Å²) in [6.45, 7) is 1.71. The first kappa shape index (κ1) is 20.1. The summed E-state index contributed by atoms with van der Waals surface area (Å²) >= 11 is 11.5. The number of hydrogen-bond acceptors (Lipinski definition) is 6. The van der Waals surface area contributed by atoms with Crippen molar-refractivity contribution in [1.82, 2.24) is 20.0 Å². The van der Waals surface area contributed by atoms with Crippen molar-refractivity contribution in [2.75, 3.05) is 10.0 Å². The van der Waals surface area contributed by atoms with Crippen LogP contribution in [0, 0.1) is 6.92 Å². The molecular weight excluding hydrogens is 427 g/mol. The number of benzene rings is 1. The number of sulfonamides is 1. The van der Waals surface area contributed by atoms with E-state index in [0.29, 0.717) is 16.4 Å². The van der Waals surface area contributed by atoms with E-state index in [0.717, 1.165) is 0 Å². The van der Waals surface area contributed by atoms with Gasteiger partial charge in [-0.3, -0.25) is 14.2 Å². The number of rotatable bonds is 6. The number of carbonyl (C=O) groups excluding carboxylic acids is 1. The molecule has 9 nitrogen and oxygen atoms in total. The maximum atomic E-state index is 12.4. The standard InChI is InChI=1S/C16H14Cl2N6O3S/c1-10-13(17)8-24(22-10)9-16(25)19-11-2-4-12(5-3-11)28(26,27)23-15-7-6-14(18)20-21-15/h2-8H,9H2,1H3,(H,19,25)(H,21,23). The first-order valence-corrected chi connectivity index (χ1v) is 10.1. The van der Waals surface area contributed by atoms with Gasteiger partial charge in [-0.25, -0.2) is 8.42 Å². The Bertz CT molecular complexity index is 1080. The van der Waals surface area contributed by atoms with Crippen LogP contribution in [0.4, 0.5) is 11.5 Å². The summed E-state index contributed by atoms with van der Waals surface area (Å²) < 4.78 is 28.5.